The molecule has 0 bridgehead atoms. The van der Waals surface area contributed by atoms with E-state index in [-0.39, 0.29) is 24.3 Å². The summed E-state index contributed by atoms with van der Waals surface area (Å²) in [6.07, 6.45) is 2.15. The van der Waals surface area contributed by atoms with Gasteiger partial charge in [0, 0.05) is 32.4 Å². The maximum absolute atomic E-state index is 12.8. The molecule has 0 radical (unpaired) electrons. The maximum atomic E-state index is 12.8. The number of amides is 3. The molecule has 0 aliphatic rings. The van der Waals surface area contributed by atoms with Crippen LogP contribution in [0.1, 0.15) is 21.6 Å². The zero-order valence-corrected chi connectivity index (χ0v) is 14.3. The van der Waals surface area contributed by atoms with E-state index < -0.39 is 0 Å². The number of urea groups is 1. The van der Waals surface area contributed by atoms with Gasteiger partial charge < -0.3 is 15.5 Å². The molecule has 1 aromatic carbocycles. The lowest BCUT2D eigenvalue weighted by Crippen LogP contribution is -2.34. The summed E-state index contributed by atoms with van der Waals surface area (Å²) in [5, 5.41) is 5.51. The number of pyridine rings is 1. The first-order chi connectivity index (χ1) is 12.0. The van der Waals surface area contributed by atoms with Crippen molar-refractivity contribution in [1.82, 2.24) is 20.5 Å². The smallest absolute Gasteiger partial charge is 0.317 e. The molecule has 2 rings (SSSR count). The van der Waals surface area contributed by atoms with Gasteiger partial charge in [-0.05, 0) is 36.2 Å². The van der Waals surface area contributed by atoms with Gasteiger partial charge in [0.1, 0.15) is 5.82 Å². The maximum Gasteiger partial charge on any atom is 0.317 e. The summed E-state index contributed by atoms with van der Waals surface area (Å²) < 4.78 is 12.8. The first-order valence-corrected chi connectivity index (χ1v) is 7.88. The van der Waals surface area contributed by atoms with E-state index in [1.54, 1.807) is 38.4 Å². The Morgan fingerprint density at radius 3 is 2.52 bits per heavy atom. The molecule has 1 heterocycles. The van der Waals surface area contributed by atoms with Crippen LogP contribution in [0, 0.1) is 5.82 Å². The third-order valence-corrected chi connectivity index (χ3v) is 3.52. The first kappa shape index (κ1) is 18.4. The summed E-state index contributed by atoms with van der Waals surface area (Å²) in [5.41, 5.74) is 2.02. The fourth-order valence-electron chi connectivity index (χ4n) is 2.11. The molecule has 132 valence electrons. The Morgan fingerprint density at radius 1 is 1.12 bits per heavy atom. The van der Waals surface area contributed by atoms with Crippen molar-refractivity contribution in [2.24, 2.45) is 0 Å². The summed E-state index contributed by atoms with van der Waals surface area (Å²) in [6.45, 7) is 0.688. The molecule has 2 aromatic rings. The third-order valence-electron chi connectivity index (χ3n) is 3.52. The van der Waals surface area contributed by atoms with E-state index in [0.717, 1.165) is 5.56 Å². The Hall–Kier alpha value is -2.96. The van der Waals surface area contributed by atoms with Crippen LogP contribution in [0.15, 0.2) is 42.6 Å². The summed E-state index contributed by atoms with van der Waals surface area (Å²) in [7, 11) is 3.29. The minimum atomic E-state index is -0.279. The molecular formula is C18H21FN4O2. The van der Waals surface area contributed by atoms with E-state index in [1.807, 2.05) is 0 Å². The Balaban J connectivity index is 1.85. The van der Waals surface area contributed by atoms with Crippen molar-refractivity contribution in [3.63, 3.8) is 0 Å². The number of benzene rings is 1. The molecule has 0 saturated heterocycles. The van der Waals surface area contributed by atoms with E-state index in [9.17, 15) is 14.0 Å². The molecule has 0 saturated carbocycles. The predicted molar refractivity (Wildman–Crippen MR) is 92.6 cm³/mol. The molecular weight excluding hydrogens is 323 g/mol. The largest absolute Gasteiger partial charge is 0.352 e. The fourth-order valence-corrected chi connectivity index (χ4v) is 2.11. The van der Waals surface area contributed by atoms with Crippen molar-refractivity contribution in [3.8, 4) is 0 Å². The van der Waals surface area contributed by atoms with Gasteiger partial charge in [0.15, 0.2) is 0 Å². The third kappa shape index (κ3) is 5.87. The van der Waals surface area contributed by atoms with Crippen LogP contribution in [0.5, 0.6) is 0 Å². The Morgan fingerprint density at radius 2 is 1.84 bits per heavy atom. The van der Waals surface area contributed by atoms with E-state index in [1.165, 1.54) is 23.2 Å². The van der Waals surface area contributed by atoms with Crippen LogP contribution in [0.4, 0.5) is 9.18 Å². The van der Waals surface area contributed by atoms with Gasteiger partial charge in [-0.2, -0.15) is 0 Å². The highest BCUT2D eigenvalue weighted by Gasteiger charge is 2.08. The van der Waals surface area contributed by atoms with Gasteiger partial charge in [0.05, 0.1) is 12.2 Å². The molecule has 7 heteroatoms. The van der Waals surface area contributed by atoms with Crippen LogP contribution >= 0.6 is 0 Å². The Bertz CT molecular complexity index is 732. The zero-order chi connectivity index (χ0) is 18.2. The highest BCUT2D eigenvalue weighted by atomic mass is 19.1. The second-order valence-electron chi connectivity index (χ2n) is 5.72. The van der Waals surface area contributed by atoms with E-state index >= 15 is 0 Å². The van der Waals surface area contributed by atoms with Gasteiger partial charge in [-0.15, -0.1) is 0 Å². The van der Waals surface area contributed by atoms with Gasteiger partial charge >= 0.3 is 6.03 Å². The van der Waals surface area contributed by atoms with Gasteiger partial charge in [0.2, 0.25) is 0 Å². The number of nitrogens with one attached hydrogen (secondary N) is 2. The number of rotatable bonds is 6. The highest BCUT2D eigenvalue weighted by Crippen LogP contribution is 2.04. The van der Waals surface area contributed by atoms with Crippen molar-refractivity contribution < 1.29 is 14.0 Å². The molecule has 3 amide bonds. The van der Waals surface area contributed by atoms with E-state index in [0.29, 0.717) is 24.2 Å². The Labute approximate surface area is 146 Å². The molecule has 6 nitrogen and oxygen atoms in total. The minimum absolute atomic E-state index is 0.218. The number of halogens is 1. The number of carbonyl (C=O) groups is 2. The number of hydrogen-bond donors (Lipinski definition) is 2. The van der Waals surface area contributed by atoms with Crippen LogP contribution in [0.25, 0.3) is 0 Å². The molecule has 0 atom stereocenters. The second kappa shape index (κ2) is 8.77. The monoisotopic (exact) mass is 344 g/mol. The SMILES string of the molecule is CN(C)C(=O)NCc1cc(C(=O)NCCc2ccc(F)cc2)ccn1. The molecule has 2 N–H and O–H groups in total. The Kier molecular flexibility index (Phi) is 6.45. The van der Waals surface area contributed by atoms with Gasteiger partial charge in [-0.1, -0.05) is 12.1 Å². The van der Waals surface area contributed by atoms with Gasteiger partial charge in [-0.25, -0.2) is 9.18 Å². The van der Waals surface area contributed by atoms with Crippen molar-refractivity contribution in [1.29, 1.82) is 0 Å². The van der Waals surface area contributed by atoms with Crippen LogP contribution in [0.2, 0.25) is 0 Å². The lowest BCUT2D eigenvalue weighted by Gasteiger charge is -2.12. The molecule has 0 fully saturated rings. The number of aromatic nitrogens is 1. The van der Waals surface area contributed by atoms with Crippen molar-refractivity contribution in [2.75, 3.05) is 20.6 Å². The van der Waals surface area contributed by atoms with E-state index in [4.69, 9.17) is 0 Å². The summed E-state index contributed by atoms with van der Waals surface area (Å²) in [5.74, 6) is -0.497. The average molecular weight is 344 g/mol. The summed E-state index contributed by atoms with van der Waals surface area (Å²) in [6, 6.07) is 9.21. The lowest BCUT2D eigenvalue weighted by atomic mass is 10.1. The van der Waals surface area contributed by atoms with Crippen LogP contribution in [-0.2, 0) is 13.0 Å². The van der Waals surface area contributed by atoms with Crippen molar-refractivity contribution in [2.45, 2.75) is 13.0 Å². The van der Waals surface area contributed by atoms with Crippen LogP contribution < -0.4 is 10.6 Å². The fraction of sp³-hybridized carbons (Fsp3) is 0.278. The topological polar surface area (TPSA) is 74.3 Å². The van der Waals surface area contributed by atoms with Crippen LogP contribution in [-0.4, -0.2) is 42.5 Å². The van der Waals surface area contributed by atoms with Gasteiger partial charge in [-0.3, -0.25) is 9.78 Å². The molecule has 1 aromatic heterocycles. The molecule has 0 spiro atoms. The van der Waals surface area contributed by atoms with Crippen molar-refractivity contribution >= 4 is 11.9 Å². The first-order valence-electron chi connectivity index (χ1n) is 7.88. The zero-order valence-electron chi connectivity index (χ0n) is 14.3. The molecule has 0 aliphatic heterocycles. The van der Waals surface area contributed by atoms with Crippen LogP contribution in [0.3, 0.4) is 0 Å². The summed E-state index contributed by atoms with van der Waals surface area (Å²) in [4.78, 5) is 29.3. The molecule has 25 heavy (non-hydrogen) atoms. The quantitative estimate of drug-likeness (QED) is 0.841. The average Bonchev–Trinajstić information content (AvgIpc) is 2.61. The number of hydrogen-bond acceptors (Lipinski definition) is 3. The lowest BCUT2D eigenvalue weighted by molar-refractivity contribution is 0.0954. The normalized spacial score (nSPS) is 10.2. The number of nitrogens with zero attached hydrogens (tertiary/aromatic N) is 2. The molecule has 0 unspecified atom stereocenters. The van der Waals surface area contributed by atoms with Crippen molar-refractivity contribution in [3.05, 3.63) is 65.2 Å². The predicted octanol–water partition coefficient (Wildman–Crippen LogP) is 1.96. The highest BCUT2D eigenvalue weighted by molar-refractivity contribution is 5.94. The van der Waals surface area contributed by atoms with Gasteiger partial charge in [0.25, 0.3) is 5.91 Å². The second-order valence-corrected chi connectivity index (χ2v) is 5.72. The summed E-state index contributed by atoms with van der Waals surface area (Å²) >= 11 is 0. The number of carbonyl (C=O) groups excluding carboxylic acids is 2. The standard InChI is InChI=1S/C18H21FN4O2/c1-23(2)18(25)22-12-16-11-14(8-10-20-16)17(24)21-9-7-13-3-5-15(19)6-4-13/h3-6,8,10-11H,7,9,12H2,1-2H3,(H,21,24)(H,22,25). The molecule has 0 aliphatic carbocycles. The van der Waals surface area contributed by atoms with E-state index in [2.05, 4.69) is 15.6 Å². The minimum Gasteiger partial charge on any atom is -0.352 e.